The molecule has 0 radical (unpaired) electrons. The van der Waals surface area contributed by atoms with Crippen LogP contribution in [-0.4, -0.2) is 34.9 Å². The molecule has 2 heterocycles. The number of aryl methyl sites for hydroxylation is 1. The van der Waals surface area contributed by atoms with Gasteiger partial charge in [-0.25, -0.2) is 4.98 Å². The Morgan fingerprint density at radius 3 is 3.07 bits per heavy atom. The molecular weight excluding hydrogens is 210 g/mol. The lowest BCUT2D eigenvalue weighted by atomic mass is 10.3. The van der Waals surface area contributed by atoms with E-state index < -0.39 is 0 Å². The molecule has 0 spiro atoms. The Kier molecular flexibility index (Phi) is 3.02. The monoisotopic (exact) mass is 225 g/mol. The maximum Gasteiger partial charge on any atom is 0.224 e. The summed E-state index contributed by atoms with van der Waals surface area (Å²) in [5.41, 5.74) is 8.65. The molecule has 1 saturated heterocycles. The van der Waals surface area contributed by atoms with Gasteiger partial charge in [-0.3, -0.25) is 4.79 Å². The number of hydrogen-bond donors (Lipinski definition) is 1. The molecule has 0 aromatic carbocycles. The summed E-state index contributed by atoms with van der Waals surface area (Å²) in [7, 11) is 0. The first-order valence-corrected chi connectivity index (χ1v) is 5.97. The van der Waals surface area contributed by atoms with Gasteiger partial charge in [-0.1, -0.05) is 0 Å². The normalized spacial score (nSPS) is 21.3. The second-order valence-corrected chi connectivity index (χ2v) is 4.85. The van der Waals surface area contributed by atoms with Gasteiger partial charge in [0.25, 0.3) is 0 Å². The third kappa shape index (κ3) is 2.35. The summed E-state index contributed by atoms with van der Waals surface area (Å²) in [5.74, 6) is 0.185. The van der Waals surface area contributed by atoms with Crippen LogP contribution in [0.25, 0.3) is 0 Å². The van der Waals surface area contributed by atoms with E-state index >= 15 is 0 Å². The second-order valence-electron chi connectivity index (χ2n) is 3.91. The maximum absolute atomic E-state index is 11.5. The number of carbonyl (C=O) groups is 1. The van der Waals surface area contributed by atoms with E-state index in [1.165, 1.54) is 4.88 Å². The lowest BCUT2D eigenvalue weighted by molar-refractivity contribution is -0.127. The highest BCUT2D eigenvalue weighted by Gasteiger charge is 2.26. The fraction of sp³-hybridized carbons (Fsp3) is 0.600. The van der Waals surface area contributed by atoms with Gasteiger partial charge in [0.2, 0.25) is 5.91 Å². The van der Waals surface area contributed by atoms with E-state index in [2.05, 4.69) is 4.98 Å². The Labute approximate surface area is 93.1 Å². The molecule has 0 aliphatic carbocycles. The first-order chi connectivity index (χ1) is 7.16. The zero-order valence-electron chi connectivity index (χ0n) is 8.77. The van der Waals surface area contributed by atoms with Crippen LogP contribution in [0.5, 0.6) is 0 Å². The summed E-state index contributed by atoms with van der Waals surface area (Å²) in [6.45, 7) is 3.48. The molecule has 1 atom stereocenters. The summed E-state index contributed by atoms with van der Waals surface area (Å²) in [4.78, 5) is 18.8. The van der Waals surface area contributed by atoms with Crippen molar-refractivity contribution in [1.29, 1.82) is 0 Å². The molecule has 0 bridgehead atoms. The third-order valence-corrected chi connectivity index (χ3v) is 3.69. The molecule has 1 aliphatic heterocycles. The van der Waals surface area contributed by atoms with Crippen molar-refractivity contribution in [3.05, 3.63) is 16.1 Å². The predicted octanol–water partition coefficient (Wildman–Crippen LogP) is 0.554. The molecule has 1 fully saturated rings. The van der Waals surface area contributed by atoms with Gasteiger partial charge in [-0.15, -0.1) is 11.3 Å². The average Bonchev–Trinajstić information content (AvgIpc) is 2.70. The topological polar surface area (TPSA) is 59.2 Å². The summed E-state index contributed by atoms with van der Waals surface area (Å²) < 4.78 is 0. The van der Waals surface area contributed by atoms with E-state index in [0.29, 0.717) is 13.0 Å². The van der Waals surface area contributed by atoms with Crippen LogP contribution in [0.3, 0.4) is 0 Å². The van der Waals surface area contributed by atoms with Crippen molar-refractivity contribution in [2.24, 2.45) is 5.73 Å². The van der Waals surface area contributed by atoms with Crippen molar-refractivity contribution in [3.8, 4) is 0 Å². The van der Waals surface area contributed by atoms with Gasteiger partial charge in [-0.2, -0.15) is 0 Å². The molecular formula is C10H15N3OS. The molecule has 1 aliphatic rings. The van der Waals surface area contributed by atoms with Gasteiger partial charge < -0.3 is 10.6 Å². The minimum absolute atomic E-state index is 0.0278. The number of amides is 1. The number of carbonyl (C=O) groups excluding carboxylic acids is 1. The van der Waals surface area contributed by atoms with E-state index in [9.17, 15) is 4.79 Å². The molecule has 1 aromatic heterocycles. The fourth-order valence-electron chi connectivity index (χ4n) is 1.82. The lowest BCUT2D eigenvalue weighted by Gasteiger charge is -2.15. The molecule has 2 rings (SSSR count). The van der Waals surface area contributed by atoms with Gasteiger partial charge in [-0.05, 0) is 6.92 Å². The molecule has 15 heavy (non-hydrogen) atoms. The second kappa shape index (κ2) is 4.28. The molecule has 82 valence electrons. The Hall–Kier alpha value is -0.940. The van der Waals surface area contributed by atoms with E-state index in [0.717, 1.165) is 18.7 Å². The van der Waals surface area contributed by atoms with Crippen molar-refractivity contribution in [1.82, 2.24) is 9.88 Å². The Balaban J connectivity index is 1.89. The minimum Gasteiger partial charge on any atom is -0.341 e. The molecule has 1 amide bonds. The summed E-state index contributed by atoms with van der Waals surface area (Å²) in [6.07, 6.45) is 1.40. The van der Waals surface area contributed by atoms with E-state index in [-0.39, 0.29) is 11.9 Å². The highest BCUT2D eigenvalue weighted by atomic mass is 32.1. The van der Waals surface area contributed by atoms with Crippen molar-refractivity contribution in [3.63, 3.8) is 0 Å². The van der Waals surface area contributed by atoms with Crippen molar-refractivity contribution in [2.75, 3.05) is 13.1 Å². The number of nitrogens with two attached hydrogens (primary N) is 1. The number of nitrogens with zero attached hydrogens (tertiary/aromatic N) is 2. The Bertz CT molecular complexity index is 363. The van der Waals surface area contributed by atoms with Crippen LogP contribution in [0.15, 0.2) is 5.51 Å². The van der Waals surface area contributed by atoms with E-state index in [1.807, 2.05) is 17.3 Å². The quantitative estimate of drug-likeness (QED) is 0.817. The van der Waals surface area contributed by atoms with Crippen LogP contribution in [0, 0.1) is 6.92 Å². The number of rotatable bonds is 3. The third-order valence-electron chi connectivity index (χ3n) is 2.70. The molecule has 2 N–H and O–H groups in total. The summed E-state index contributed by atoms with van der Waals surface area (Å²) >= 11 is 1.65. The van der Waals surface area contributed by atoms with Crippen LogP contribution < -0.4 is 5.73 Å². The zero-order valence-corrected chi connectivity index (χ0v) is 9.59. The van der Waals surface area contributed by atoms with E-state index in [1.54, 1.807) is 11.3 Å². The first-order valence-electron chi connectivity index (χ1n) is 5.09. The van der Waals surface area contributed by atoms with Gasteiger partial charge in [0, 0.05) is 36.9 Å². The number of likely N-dealkylation sites (tertiary alicyclic amines) is 1. The van der Waals surface area contributed by atoms with Crippen LogP contribution in [-0.2, 0) is 11.2 Å². The van der Waals surface area contributed by atoms with E-state index in [4.69, 9.17) is 5.73 Å². The maximum atomic E-state index is 11.5. The van der Waals surface area contributed by atoms with Gasteiger partial charge >= 0.3 is 0 Å². The number of thiazole rings is 1. The van der Waals surface area contributed by atoms with Gasteiger partial charge in [0.05, 0.1) is 11.2 Å². The number of hydrogen-bond acceptors (Lipinski definition) is 4. The molecule has 5 heteroatoms. The van der Waals surface area contributed by atoms with Crippen LogP contribution in [0.4, 0.5) is 0 Å². The smallest absolute Gasteiger partial charge is 0.224 e. The Morgan fingerprint density at radius 2 is 2.53 bits per heavy atom. The van der Waals surface area contributed by atoms with Gasteiger partial charge in [0.1, 0.15) is 0 Å². The number of aromatic nitrogens is 1. The summed E-state index contributed by atoms with van der Waals surface area (Å²) in [5, 5.41) is 0. The van der Waals surface area contributed by atoms with Crippen molar-refractivity contribution >= 4 is 17.2 Å². The molecule has 4 nitrogen and oxygen atoms in total. The largest absolute Gasteiger partial charge is 0.341 e. The average molecular weight is 225 g/mol. The standard InChI is InChI=1S/C10H15N3OS/c1-7-9(15-6-12-7)2-3-13-5-8(11)4-10(13)14/h6,8H,2-5,11H2,1H3. The fourth-order valence-corrected chi connectivity index (χ4v) is 2.59. The van der Waals surface area contributed by atoms with Crippen molar-refractivity contribution in [2.45, 2.75) is 25.8 Å². The first kappa shape index (κ1) is 10.6. The van der Waals surface area contributed by atoms with Crippen LogP contribution >= 0.6 is 11.3 Å². The minimum atomic E-state index is 0.0278. The lowest BCUT2D eigenvalue weighted by Crippen LogP contribution is -2.30. The highest BCUT2D eigenvalue weighted by Crippen LogP contribution is 2.15. The summed E-state index contributed by atoms with van der Waals surface area (Å²) in [6, 6.07) is 0.0278. The molecule has 1 aromatic rings. The van der Waals surface area contributed by atoms with Gasteiger partial charge in [0.15, 0.2) is 0 Å². The van der Waals surface area contributed by atoms with Crippen molar-refractivity contribution < 1.29 is 4.79 Å². The Morgan fingerprint density at radius 1 is 1.73 bits per heavy atom. The predicted molar refractivity (Wildman–Crippen MR) is 59.7 cm³/mol. The van der Waals surface area contributed by atoms with Crippen LogP contribution in [0.2, 0.25) is 0 Å². The molecule has 1 unspecified atom stereocenters. The zero-order chi connectivity index (χ0) is 10.8. The molecule has 0 saturated carbocycles. The van der Waals surface area contributed by atoms with Crippen LogP contribution in [0.1, 0.15) is 17.0 Å². The SMILES string of the molecule is Cc1ncsc1CCN1CC(N)CC1=O. The highest BCUT2D eigenvalue weighted by molar-refractivity contribution is 7.09.